The molecule has 1 amide bonds. The first kappa shape index (κ1) is 22.1. The first-order valence-corrected chi connectivity index (χ1v) is 11.4. The second-order valence-corrected chi connectivity index (χ2v) is 8.66. The molecule has 0 N–H and O–H groups in total. The lowest BCUT2D eigenvalue weighted by Gasteiger charge is -2.32. The molecule has 2 aromatic heterocycles. The van der Waals surface area contributed by atoms with Crippen LogP contribution in [0.5, 0.6) is 0 Å². The summed E-state index contributed by atoms with van der Waals surface area (Å²) in [6.07, 6.45) is 8.87. The first-order chi connectivity index (χ1) is 15.6. The second-order valence-electron chi connectivity index (χ2n) is 8.66. The Morgan fingerprint density at radius 1 is 1.03 bits per heavy atom. The third kappa shape index (κ3) is 5.37. The van der Waals surface area contributed by atoms with E-state index in [2.05, 4.69) is 27.0 Å². The van der Waals surface area contributed by atoms with Crippen molar-refractivity contribution in [2.75, 3.05) is 33.7 Å². The fourth-order valence-corrected chi connectivity index (χ4v) is 4.29. The van der Waals surface area contributed by atoms with Crippen molar-refractivity contribution in [1.82, 2.24) is 24.8 Å². The van der Waals surface area contributed by atoms with E-state index >= 15 is 0 Å². The Balaban J connectivity index is 1.53. The minimum atomic E-state index is 0.271. The molecule has 3 heterocycles. The van der Waals surface area contributed by atoms with Crippen molar-refractivity contribution in [3.05, 3.63) is 66.7 Å². The van der Waals surface area contributed by atoms with Crippen molar-refractivity contribution in [2.45, 2.75) is 31.6 Å². The molecule has 32 heavy (non-hydrogen) atoms. The third-order valence-corrected chi connectivity index (χ3v) is 6.05. The Hall–Kier alpha value is -3.12. The minimum Gasteiger partial charge on any atom is -0.343 e. The van der Waals surface area contributed by atoms with Crippen LogP contribution in [0.15, 0.2) is 61.1 Å². The predicted molar refractivity (Wildman–Crippen MR) is 127 cm³/mol. The molecule has 0 bridgehead atoms. The molecule has 0 atom stereocenters. The molecule has 166 valence electrons. The summed E-state index contributed by atoms with van der Waals surface area (Å²) >= 11 is 0. The largest absolute Gasteiger partial charge is 0.343 e. The maximum absolute atomic E-state index is 12.6. The zero-order valence-corrected chi connectivity index (χ0v) is 18.9. The average Bonchev–Trinajstić information content (AvgIpc) is 2.84. The van der Waals surface area contributed by atoms with Gasteiger partial charge in [0.25, 0.3) is 0 Å². The molecule has 4 rings (SSSR count). The van der Waals surface area contributed by atoms with Gasteiger partial charge in [-0.2, -0.15) is 0 Å². The molecular weight excluding hydrogens is 398 g/mol. The number of rotatable bonds is 7. The van der Waals surface area contributed by atoms with Gasteiger partial charge in [0.15, 0.2) is 5.82 Å². The van der Waals surface area contributed by atoms with Crippen LogP contribution in [0.3, 0.4) is 0 Å². The summed E-state index contributed by atoms with van der Waals surface area (Å²) in [5.74, 6) is 1.27. The molecule has 6 nitrogen and oxygen atoms in total. The molecule has 0 saturated carbocycles. The van der Waals surface area contributed by atoms with E-state index < -0.39 is 0 Å². The number of likely N-dealkylation sites (tertiary alicyclic amines) is 1. The van der Waals surface area contributed by atoms with E-state index in [0.29, 0.717) is 18.2 Å². The predicted octanol–water partition coefficient (Wildman–Crippen LogP) is 4.25. The van der Waals surface area contributed by atoms with Gasteiger partial charge in [-0.1, -0.05) is 30.3 Å². The number of pyridine rings is 1. The van der Waals surface area contributed by atoms with Crippen LogP contribution in [0.25, 0.3) is 22.5 Å². The number of benzene rings is 1. The highest BCUT2D eigenvalue weighted by Gasteiger charge is 2.27. The number of amides is 1. The highest BCUT2D eigenvalue weighted by molar-refractivity contribution is 5.76. The average molecular weight is 430 g/mol. The Morgan fingerprint density at radius 2 is 1.78 bits per heavy atom. The van der Waals surface area contributed by atoms with Gasteiger partial charge in [-0.3, -0.25) is 9.78 Å². The first-order valence-electron chi connectivity index (χ1n) is 11.4. The van der Waals surface area contributed by atoms with E-state index in [9.17, 15) is 4.79 Å². The van der Waals surface area contributed by atoms with E-state index in [1.54, 1.807) is 12.4 Å². The van der Waals surface area contributed by atoms with Crippen LogP contribution >= 0.6 is 0 Å². The highest BCUT2D eigenvalue weighted by atomic mass is 16.2. The van der Waals surface area contributed by atoms with Crippen LogP contribution in [-0.2, 0) is 4.79 Å². The second kappa shape index (κ2) is 10.5. The monoisotopic (exact) mass is 429 g/mol. The van der Waals surface area contributed by atoms with E-state index in [1.807, 2.05) is 55.5 Å². The van der Waals surface area contributed by atoms with Crippen molar-refractivity contribution in [1.29, 1.82) is 0 Å². The Morgan fingerprint density at radius 3 is 2.47 bits per heavy atom. The summed E-state index contributed by atoms with van der Waals surface area (Å²) < 4.78 is 0. The summed E-state index contributed by atoms with van der Waals surface area (Å²) in [7, 11) is 4.09. The highest BCUT2D eigenvalue weighted by Crippen LogP contribution is 2.35. The lowest BCUT2D eigenvalue weighted by molar-refractivity contribution is -0.132. The molecule has 1 aromatic carbocycles. The van der Waals surface area contributed by atoms with E-state index in [0.717, 1.165) is 61.3 Å². The van der Waals surface area contributed by atoms with Gasteiger partial charge in [0.05, 0.1) is 5.69 Å². The van der Waals surface area contributed by atoms with Crippen molar-refractivity contribution < 1.29 is 4.79 Å². The molecule has 6 heteroatoms. The number of piperidine rings is 1. The molecular formula is C26H31N5O. The molecule has 0 unspecified atom stereocenters. The topological polar surface area (TPSA) is 62.2 Å². The van der Waals surface area contributed by atoms with Crippen molar-refractivity contribution in [3.63, 3.8) is 0 Å². The zero-order valence-electron chi connectivity index (χ0n) is 18.9. The maximum Gasteiger partial charge on any atom is 0.222 e. The number of hydrogen-bond donors (Lipinski definition) is 0. The van der Waals surface area contributed by atoms with Crippen LogP contribution < -0.4 is 0 Å². The molecule has 1 aliphatic heterocycles. The van der Waals surface area contributed by atoms with Gasteiger partial charge in [0.2, 0.25) is 5.91 Å². The molecule has 0 spiro atoms. The molecule has 1 saturated heterocycles. The van der Waals surface area contributed by atoms with Gasteiger partial charge >= 0.3 is 0 Å². The molecule has 1 fully saturated rings. The molecule has 3 aromatic rings. The zero-order chi connectivity index (χ0) is 22.3. The van der Waals surface area contributed by atoms with Gasteiger partial charge in [0.1, 0.15) is 0 Å². The Kier molecular flexibility index (Phi) is 7.22. The lowest BCUT2D eigenvalue weighted by atomic mass is 9.88. The summed E-state index contributed by atoms with van der Waals surface area (Å²) in [5, 5.41) is 0. The van der Waals surface area contributed by atoms with E-state index in [4.69, 9.17) is 4.98 Å². The fraction of sp³-hybridized carbons (Fsp3) is 0.385. The number of hydrogen-bond acceptors (Lipinski definition) is 5. The van der Waals surface area contributed by atoms with Crippen LogP contribution in [-0.4, -0.2) is 64.4 Å². The van der Waals surface area contributed by atoms with Crippen molar-refractivity contribution in [3.8, 4) is 22.5 Å². The van der Waals surface area contributed by atoms with Gasteiger partial charge in [-0.25, -0.2) is 9.97 Å². The van der Waals surface area contributed by atoms with Crippen molar-refractivity contribution >= 4 is 5.91 Å². The SMILES string of the molecule is CN(C)CCCC(=O)N1CCC(c2nc(-c3cccnc3)ncc2-c2ccccc2)CC1. The smallest absolute Gasteiger partial charge is 0.222 e. The Bertz CT molecular complexity index is 1010. The summed E-state index contributed by atoms with van der Waals surface area (Å²) in [5.41, 5.74) is 4.20. The number of carbonyl (C=O) groups is 1. The Labute approximate surface area is 190 Å². The maximum atomic E-state index is 12.6. The quantitative estimate of drug-likeness (QED) is 0.562. The van der Waals surface area contributed by atoms with Gasteiger partial charge < -0.3 is 9.80 Å². The normalized spacial score (nSPS) is 14.7. The van der Waals surface area contributed by atoms with Crippen LogP contribution in [0, 0.1) is 0 Å². The van der Waals surface area contributed by atoms with Gasteiger partial charge in [-0.15, -0.1) is 0 Å². The summed E-state index contributed by atoms with van der Waals surface area (Å²) in [6, 6.07) is 14.2. The van der Waals surface area contributed by atoms with E-state index in [-0.39, 0.29) is 5.91 Å². The van der Waals surface area contributed by atoms with Crippen LogP contribution in [0.4, 0.5) is 0 Å². The molecule has 0 radical (unpaired) electrons. The van der Waals surface area contributed by atoms with Gasteiger partial charge in [0, 0.05) is 55.1 Å². The standard InChI is InChI=1S/C26H31N5O/c1-30(2)15-7-11-24(32)31-16-12-21(13-17-31)25-23(20-8-4-3-5-9-20)19-28-26(29-25)22-10-6-14-27-18-22/h3-6,8-10,14,18-19,21H,7,11-13,15-17H2,1-2H3. The summed E-state index contributed by atoms with van der Waals surface area (Å²) in [6.45, 7) is 2.51. The minimum absolute atomic E-state index is 0.271. The number of carbonyl (C=O) groups excluding carboxylic acids is 1. The van der Waals surface area contributed by atoms with E-state index in [1.165, 1.54) is 0 Å². The lowest BCUT2D eigenvalue weighted by Crippen LogP contribution is -2.38. The number of aromatic nitrogens is 3. The third-order valence-electron chi connectivity index (χ3n) is 6.05. The number of nitrogens with zero attached hydrogens (tertiary/aromatic N) is 5. The molecule has 1 aliphatic rings. The molecule has 0 aliphatic carbocycles. The van der Waals surface area contributed by atoms with Crippen LogP contribution in [0.2, 0.25) is 0 Å². The van der Waals surface area contributed by atoms with Crippen LogP contribution in [0.1, 0.15) is 37.3 Å². The fourth-order valence-electron chi connectivity index (χ4n) is 4.29. The van der Waals surface area contributed by atoms with Crippen molar-refractivity contribution in [2.24, 2.45) is 0 Å². The summed E-state index contributed by atoms with van der Waals surface area (Å²) in [4.78, 5) is 30.7. The van der Waals surface area contributed by atoms with Gasteiger partial charge in [-0.05, 0) is 57.6 Å².